The third-order valence-electron chi connectivity index (χ3n) is 14.3. The monoisotopic (exact) mass is 942 g/mol. The Morgan fingerprint density at radius 1 is 0.638 bits per heavy atom. The van der Waals surface area contributed by atoms with Crippen LogP contribution in [0.2, 0.25) is 0 Å². The molecule has 4 aliphatic rings. The average Bonchev–Trinajstić information content (AvgIpc) is 3.34. The van der Waals surface area contributed by atoms with Crippen molar-refractivity contribution in [1.29, 1.82) is 0 Å². The number of benzene rings is 4. The fourth-order valence-corrected chi connectivity index (χ4v) is 10.4. The topological polar surface area (TPSA) is 243 Å². The molecular formula is C51H64B2N6O10. The van der Waals surface area contributed by atoms with Crippen LogP contribution in [0, 0.1) is 11.8 Å². The van der Waals surface area contributed by atoms with Crippen molar-refractivity contribution in [2.75, 3.05) is 7.05 Å². The van der Waals surface area contributed by atoms with Crippen molar-refractivity contribution in [2.45, 2.75) is 127 Å². The lowest BCUT2D eigenvalue weighted by Crippen LogP contribution is -2.53. The molecule has 18 heteroatoms. The number of para-hydroxylation sites is 2. The number of carbonyl (C=O) groups is 4. The Morgan fingerprint density at radius 2 is 1.13 bits per heavy atom. The highest BCUT2D eigenvalue weighted by atomic mass is 16.5. The summed E-state index contributed by atoms with van der Waals surface area (Å²) < 4.78 is 17.3. The third-order valence-corrected chi connectivity index (χ3v) is 14.3. The first kappa shape index (κ1) is 49.7. The Kier molecular flexibility index (Phi) is 16.7. The third kappa shape index (κ3) is 12.7. The Morgan fingerprint density at radius 3 is 1.64 bits per heavy atom. The molecule has 16 nitrogen and oxygen atoms in total. The van der Waals surface area contributed by atoms with Gasteiger partial charge in [0, 0.05) is 51.1 Å². The molecule has 2 aliphatic carbocycles. The number of carbonyl (C=O) groups excluding carboxylic acids is 3. The van der Waals surface area contributed by atoms with Gasteiger partial charge in [0.05, 0.1) is 17.4 Å². The summed E-state index contributed by atoms with van der Waals surface area (Å²) in [5.74, 6) is -2.29. The summed E-state index contributed by atoms with van der Waals surface area (Å²) in [6.07, 6.45) is 8.63. The van der Waals surface area contributed by atoms with Gasteiger partial charge in [-0.1, -0.05) is 54.6 Å². The molecule has 2 fully saturated rings. The zero-order valence-electron chi connectivity index (χ0n) is 39.2. The van der Waals surface area contributed by atoms with Crippen LogP contribution in [0.3, 0.4) is 0 Å². The molecule has 2 aliphatic heterocycles. The first-order valence-electron chi connectivity index (χ1n) is 24.4. The quantitative estimate of drug-likeness (QED) is 0.0387. The Bertz CT molecular complexity index is 2460. The molecule has 0 radical (unpaired) electrons. The number of nitrogens with one attached hydrogen (secondary N) is 5. The summed E-state index contributed by atoms with van der Waals surface area (Å²) in [4.78, 5) is 51.4. The zero-order valence-corrected chi connectivity index (χ0v) is 39.2. The number of rotatable bonds is 18. The van der Waals surface area contributed by atoms with Crippen LogP contribution in [0.15, 0.2) is 78.9 Å². The van der Waals surface area contributed by atoms with Crippen LogP contribution in [0.4, 0.5) is 0 Å². The van der Waals surface area contributed by atoms with Crippen LogP contribution in [0.5, 0.6) is 17.2 Å². The lowest BCUT2D eigenvalue weighted by molar-refractivity contribution is -0.123. The van der Waals surface area contributed by atoms with Gasteiger partial charge >= 0.3 is 26.2 Å². The number of hydrogen-bond donors (Lipinski definition) is 9. The van der Waals surface area contributed by atoms with E-state index in [1.165, 1.54) is 17.2 Å². The van der Waals surface area contributed by atoms with Crippen LogP contribution >= 0.6 is 0 Å². The van der Waals surface area contributed by atoms with Crippen molar-refractivity contribution < 1.29 is 48.4 Å². The normalized spacial score (nSPS) is 22.0. The van der Waals surface area contributed by atoms with Gasteiger partial charge in [-0.3, -0.25) is 9.59 Å². The molecule has 4 aromatic rings. The molecule has 2 heterocycles. The van der Waals surface area contributed by atoms with E-state index in [1.807, 2.05) is 19.2 Å². The van der Waals surface area contributed by atoms with Gasteiger partial charge in [0.25, 0.3) is 0 Å². The highest BCUT2D eigenvalue weighted by molar-refractivity contribution is 6.47. The molecular weight excluding hydrogens is 878 g/mol. The van der Waals surface area contributed by atoms with E-state index >= 15 is 0 Å². The van der Waals surface area contributed by atoms with Gasteiger partial charge in [0.2, 0.25) is 11.8 Å². The molecule has 69 heavy (non-hydrogen) atoms. The minimum atomic E-state index is -1.35. The van der Waals surface area contributed by atoms with E-state index in [1.54, 1.807) is 36.4 Å². The fraction of sp³-hybridized carbons (Fsp3) is 0.451. The number of hydrogen-bond acceptors (Lipinski definition) is 13. The van der Waals surface area contributed by atoms with Crippen LogP contribution in [-0.4, -0.2) is 84.2 Å². The molecule has 8 rings (SSSR count). The van der Waals surface area contributed by atoms with E-state index in [2.05, 4.69) is 50.8 Å². The van der Waals surface area contributed by atoms with Crippen molar-refractivity contribution in [3.05, 3.63) is 123 Å². The maximum atomic E-state index is 13.6. The minimum absolute atomic E-state index is 0.0235. The van der Waals surface area contributed by atoms with Crippen molar-refractivity contribution in [3.8, 4) is 17.2 Å². The molecule has 0 aromatic heterocycles. The summed E-state index contributed by atoms with van der Waals surface area (Å²) in [5.41, 5.74) is 12.0. The second-order valence-corrected chi connectivity index (χ2v) is 19.1. The molecule has 0 saturated heterocycles. The van der Waals surface area contributed by atoms with Crippen molar-refractivity contribution in [1.82, 2.24) is 26.6 Å². The van der Waals surface area contributed by atoms with Crippen LogP contribution in [-0.2, 0) is 48.6 Å². The van der Waals surface area contributed by atoms with Crippen molar-refractivity contribution in [2.24, 2.45) is 17.6 Å². The molecule has 2 unspecified atom stereocenters. The number of ether oxygens (including phenoxy) is 1. The van der Waals surface area contributed by atoms with Gasteiger partial charge in [0.1, 0.15) is 22.8 Å². The predicted molar refractivity (Wildman–Crippen MR) is 261 cm³/mol. The number of carboxylic acid groups (broad SMARTS) is 1. The Balaban J connectivity index is 0.758. The molecule has 2 amide bonds. The van der Waals surface area contributed by atoms with E-state index in [9.17, 15) is 34.3 Å². The van der Waals surface area contributed by atoms with Crippen molar-refractivity contribution >= 4 is 38.0 Å². The highest BCUT2D eigenvalue weighted by Gasteiger charge is 2.40. The number of amides is 2. The smallest absolute Gasteiger partial charge is 0.534 e. The predicted octanol–water partition coefficient (Wildman–Crippen LogP) is 4.14. The number of aromatic carboxylic acids is 1. The lowest BCUT2D eigenvalue weighted by atomic mass is 9.72. The molecule has 2 atom stereocenters. The minimum Gasteiger partial charge on any atom is -0.534 e. The van der Waals surface area contributed by atoms with Crippen LogP contribution in [0.25, 0.3) is 0 Å². The van der Waals surface area contributed by atoms with Gasteiger partial charge in [-0.2, -0.15) is 0 Å². The van der Waals surface area contributed by atoms with Crippen molar-refractivity contribution in [3.63, 3.8) is 0 Å². The maximum Gasteiger partial charge on any atom is 0.547 e. The molecule has 2 saturated carbocycles. The summed E-state index contributed by atoms with van der Waals surface area (Å²) in [5, 5.41) is 47.5. The van der Waals surface area contributed by atoms with E-state index in [-0.39, 0.29) is 65.3 Å². The van der Waals surface area contributed by atoms with Gasteiger partial charge in [-0.15, -0.1) is 0 Å². The van der Waals surface area contributed by atoms with Gasteiger partial charge < -0.3 is 61.5 Å². The second kappa shape index (κ2) is 23.2. The number of carboxylic acids is 1. The number of esters is 1. The lowest BCUT2D eigenvalue weighted by Gasteiger charge is -2.31. The Hall–Kier alpha value is -5.75. The Labute approximate surface area is 404 Å². The van der Waals surface area contributed by atoms with Gasteiger partial charge in [-0.25, -0.2) is 9.59 Å². The van der Waals surface area contributed by atoms with E-state index in [4.69, 9.17) is 19.8 Å². The maximum absolute atomic E-state index is 13.6. The standard InChI is InChI=1S/C51H64B2N6O10/c1-55-28-35-6-2-3-7-36(35)29-56-39-17-12-31(13-18-39)23-47(61)59-45-26-34-9-5-11-43(49(34)69-53(45)66)51(64)67-41-21-16-37(38(24-41)27-54)30-57-40-19-14-32(15-20-40)22-46(60)58-44-25-33-8-4-10-42(50(62)63)48(33)68-52(44)65/h2-11,16,21,24,31-32,39-40,44-45,55-57,65-66H,12-15,17-20,22-23,25-30,54H2,1H3,(H,58,60)(H,59,61)(H,62,63). The zero-order chi connectivity index (χ0) is 48.4. The summed E-state index contributed by atoms with van der Waals surface area (Å²) in [6, 6.07) is 24.4. The van der Waals surface area contributed by atoms with E-state index in [0.717, 1.165) is 75.6 Å². The van der Waals surface area contributed by atoms with E-state index in [0.29, 0.717) is 48.7 Å². The molecule has 4 aromatic carbocycles. The van der Waals surface area contributed by atoms with Gasteiger partial charge in [0.15, 0.2) is 0 Å². The summed E-state index contributed by atoms with van der Waals surface area (Å²) in [6.45, 7) is 2.44. The summed E-state index contributed by atoms with van der Waals surface area (Å²) >= 11 is 0. The first-order chi connectivity index (χ1) is 33.4. The SMILES string of the molecule is CNCc1ccccc1CNC1CCC(CC(=O)NC2Cc3cccc(C(=O)Oc4ccc(CNC5CCC(CC(=O)NC6Cc7cccc(C(=O)O)c7OB6O)CC5)c(CN)c4)c3OB2O)CC1. The van der Waals surface area contributed by atoms with Crippen LogP contribution in [0.1, 0.15) is 118 Å². The van der Waals surface area contributed by atoms with Crippen LogP contribution < -0.4 is 46.4 Å². The van der Waals surface area contributed by atoms with Gasteiger partial charge in [-0.05, 0) is 141 Å². The molecule has 0 bridgehead atoms. The largest absolute Gasteiger partial charge is 0.547 e. The highest BCUT2D eigenvalue weighted by Crippen LogP contribution is 2.34. The second-order valence-electron chi connectivity index (χ2n) is 19.1. The number of nitrogens with two attached hydrogens (primary N) is 1. The average molecular weight is 943 g/mol. The molecule has 10 N–H and O–H groups in total. The first-order valence-corrected chi connectivity index (χ1v) is 24.4. The fourth-order valence-electron chi connectivity index (χ4n) is 10.4. The molecule has 364 valence electrons. The number of fused-ring (bicyclic) bond motifs is 2. The summed E-state index contributed by atoms with van der Waals surface area (Å²) in [7, 11) is -0.744. The molecule has 0 spiro atoms. The van der Waals surface area contributed by atoms with E-state index < -0.39 is 38.1 Å².